The predicted molar refractivity (Wildman–Crippen MR) is 60.2 cm³/mol. The zero-order chi connectivity index (χ0) is 11.1. The molecule has 1 N–H and O–H groups in total. The van der Waals surface area contributed by atoms with Gasteiger partial charge in [-0.2, -0.15) is 0 Å². The van der Waals surface area contributed by atoms with Gasteiger partial charge in [0.2, 0.25) is 5.91 Å². The van der Waals surface area contributed by atoms with Crippen molar-refractivity contribution in [3.63, 3.8) is 0 Å². The van der Waals surface area contributed by atoms with E-state index in [0.29, 0.717) is 30.3 Å². The molecule has 0 aliphatic rings. The van der Waals surface area contributed by atoms with Crippen molar-refractivity contribution in [2.75, 3.05) is 13.2 Å². The van der Waals surface area contributed by atoms with E-state index in [9.17, 15) is 4.79 Å². The minimum absolute atomic E-state index is 0.0257. The van der Waals surface area contributed by atoms with Gasteiger partial charge in [0.1, 0.15) is 12.4 Å². The van der Waals surface area contributed by atoms with Crippen LogP contribution in [0.15, 0.2) is 24.3 Å². The van der Waals surface area contributed by atoms with Crippen LogP contribution >= 0.6 is 11.6 Å². The third-order valence-electron chi connectivity index (χ3n) is 1.84. The first-order valence-electron chi connectivity index (χ1n) is 4.88. The molecule has 1 aromatic carbocycles. The molecule has 82 valence electrons. The van der Waals surface area contributed by atoms with E-state index >= 15 is 0 Å². The van der Waals surface area contributed by atoms with Crippen molar-refractivity contribution < 1.29 is 9.53 Å². The fraction of sp³-hybridized carbons (Fsp3) is 0.364. The Morgan fingerprint density at radius 1 is 1.47 bits per heavy atom. The van der Waals surface area contributed by atoms with Gasteiger partial charge < -0.3 is 10.1 Å². The van der Waals surface area contributed by atoms with Crippen LogP contribution in [0.3, 0.4) is 0 Å². The number of carbonyl (C=O) groups excluding carboxylic acids is 1. The van der Waals surface area contributed by atoms with Gasteiger partial charge in [0.25, 0.3) is 0 Å². The van der Waals surface area contributed by atoms with E-state index in [0.717, 1.165) is 0 Å². The highest BCUT2D eigenvalue weighted by Crippen LogP contribution is 2.22. The summed E-state index contributed by atoms with van der Waals surface area (Å²) in [4.78, 5) is 10.9. The average molecular weight is 228 g/mol. The molecule has 0 aliphatic heterocycles. The van der Waals surface area contributed by atoms with Crippen molar-refractivity contribution in [1.82, 2.24) is 5.32 Å². The highest BCUT2D eigenvalue weighted by Gasteiger charge is 1.99. The van der Waals surface area contributed by atoms with Gasteiger partial charge >= 0.3 is 0 Å². The molecule has 0 atom stereocenters. The van der Waals surface area contributed by atoms with Crippen LogP contribution < -0.4 is 10.1 Å². The molecule has 0 saturated carbocycles. The van der Waals surface area contributed by atoms with Gasteiger partial charge in [0.15, 0.2) is 0 Å². The summed E-state index contributed by atoms with van der Waals surface area (Å²) in [5, 5.41) is 3.30. The fourth-order valence-electron chi connectivity index (χ4n) is 1.04. The van der Waals surface area contributed by atoms with E-state index in [1.807, 2.05) is 19.1 Å². The van der Waals surface area contributed by atoms with Crippen LogP contribution in [0.2, 0.25) is 5.02 Å². The van der Waals surface area contributed by atoms with E-state index in [4.69, 9.17) is 16.3 Å². The number of ether oxygens (including phenoxy) is 1. The Hall–Kier alpha value is -1.22. The lowest BCUT2D eigenvalue weighted by Crippen LogP contribution is -2.27. The number of nitrogens with one attached hydrogen (secondary N) is 1. The molecule has 0 unspecified atom stereocenters. The van der Waals surface area contributed by atoms with Crippen molar-refractivity contribution in [1.29, 1.82) is 0 Å². The summed E-state index contributed by atoms with van der Waals surface area (Å²) in [7, 11) is 0. The van der Waals surface area contributed by atoms with Crippen LogP contribution in [0.1, 0.15) is 13.3 Å². The summed E-state index contributed by atoms with van der Waals surface area (Å²) < 4.78 is 5.39. The lowest BCUT2D eigenvalue weighted by molar-refractivity contribution is -0.120. The first-order valence-corrected chi connectivity index (χ1v) is 5.26. The molecule has 0 aliphatic carbocycles. The number of carbonyl (C=O) groups is 1. The van der Waals surface area contributed by atoms with Crippen LogP contribution in [-0.2, 0) is 4.79 Å². The van der Waals surface area contributed by atoms with Crippen LogP contribution in [0.4, 0.5) is 0 Å². The highest BCUT2D eigenvalue weighted by atomic mass is 35.5. The zero-order valence-electron chi connectivity index (χ0n) is 8.63. The maximum Gasteiger partial charge on any atom is 0.219 e. The lowest BCUT2D eigenvalue weighted by atomic mass is 10.3. The Kier molecular flexibility index (Phi) is 4.98. The Morgan fingerprint density at radius 2 is 2.20 bits per heavy atom. The monoisotopic (exact) mass is 227 g/mol. The van der Waals surface area contributed by atoms with E-state index < -0.39 is 0 Å². The normalized spacial score (nSPS) is 9.73. The second kappa shape index (κ2) is 6.30. The largest absolute Gasteiger partial charge is 0.490 e. The van der Waals surface area contributed by atoms with Crippen molar-refractivity contribution in [2.45, 2.75) is 13.3 Å². The summed E-state index contributed by atoms with van der Waals surface area (Å²) in [6, 6.07) is 7.26. The maximum absolute atomic E-state index is 10.9. The first kappa shape index (κ1) is 11.9. The fourth-order valence-corrected chi connectivity index (χ4v) is 1.23. The van der Waals surface area contributed by atoms with Gasteiger partial charge in [-0.15, -0.1) is 0 Å². The number of benzene rings is 1. The second-order valence-corrected chi connectivity index (χ2v) is 3.39. The molecule has 0 spiro atoms. The number of hydrogen-bond donors (Lipinski definition) is 1. The highest BCUT2D eigenvalue weighted by molar-refractivity contribution is 6.32. The number of hydrogen-bond acceptors (Lipinski definition) is 2. The Labute approximate surface area is 94.4 Å². The Balaban J connectivity index is 2.26. The third kappa shape index (κ3) is 4.21. The van der Waals surface area contributed by atoms with Gasteiger partial charge in [-0.05, 0) is 12.1 Å². The molecule has 0 fully saturated rings. The number of amides is 1. The molecular weight excluding hydrogens is 214 g/mol. The summed E-state index contributed by atoms with van der Waals surface area (Å²) in [6.45, 7) is 2.73. The molecule has 0 bridgehead atoms. The maximum atomic E-state index is 10.9. The van der Waals surface area contributed by atoms with Crippen LogP contribution in [0, 0.1) is 0 Å². The predicted octanol–water partition coefficient (Wildman–Crippen LogP) is 2.25. The minimum atomic E-state index is 0.0257. The third-order valence-corrected chi connectivity index (χ3v) is 2.15. The molecule has 0 aromatic heterocycles. The quantitative estimate of drug-likeness (QED) is 0.784. The molecule has 0 heterocycles. The standard InChI is InChI=1S/C11H14ClNO2/c1-2-11(14)13-7-8-15-10-6-4-3-5-9(10)12/h3-6H,2,7-8H2,1H3,(H,13,14). The van der Waals surface area contributed by atoms with E-state index in [1.54, 1.807) is 12.1 Å². The molecule has 0 saturated heterocycles. The molecular formula is C11H14ClNO2. The SMILES string of the molecule is CCC(=O)NCCOc1ccccc1Cl. The van der Waals surface area contributed by atoms with Gasteiger partial charge in [-0.3, -0.25) is 4.79 Å². The van der Waals surface area contributed by atoms with Gasteiger partial charge in [-0.1, -0.05) is 30.7 Å². The van der Waals surface area contributed by atoms with Crippen LogP contribution in [0.5, 0.6) is 5.75 Å². The molecule has 1 amide bonds. The van der Waals surface area contributed by atoms with Gasteiger partial charge in [0.05, 0.1) is 11.6 Å². The molecule has 1 aromatic rings. The smallest absolute Gasteiger partial charge is 0.219 e. The van der Waals surface area contributed by atoms with Crippen molar-refractivity contribution >= 4 is 17.5 Å². The summed E-state index contributed by atoms with van der Waals surface area (Å²) in [5.74, 6) is 0.669. The summed E-state index contributed by atoms with van der Waals surface area (Å²) >= 11 is 5.88. The minimum Gasteiger partial charge on any atom is -0.490 e. The van der Waals surface area contributed by atoms with Crippen LogP contribution in [-0.4, -0.2) is 19.1 Å². The molecule has 1 rings (SSSR count). The Bertz CT molecular complexity index is 328. The summed E-state index contributed by atoms with van der Waals surface area (Å²) in [5.41, 5.74) is 0. The average Bonchev–Trinajstić information content (AvgIpc) is 2.26. The lowest BCUT2D eigenvalue weighted by Gasteiger charge is -2.08. The molecule has 0 radical (unpaired) electrons. The molecule has 4 heteroatoms. The van der Waals surface area contributed by atoms with Crippen molar-refractivity contribution in [3.05, 3.63) is 29.3 Å². The number of halogens is 1. The van der Waals surface area contributed by atoms with Gasteiger partial charge in [-0.25, -0.2) is 0 Å². The van der Waals surface area contributed by atoms with E-state index in [-0.39, 0.29) is 5.91 Å². The Morgan fingerprint density at radius 3 is 2.87 bits per heavy atom. The zero-order valence-corrected chi connectivity index (χ0v) is 9.38. The second-order valence-electron chi connectivity index (χ2n) is 2.98. The molecule has 15 heavy (non-hydrogen) atoms. The first-order chi connectivity index (χ1) is 7.24. The van der Waals surface area contributed by atoms with E-state index in [2.05, 4.69) is 5.32 Å². The number of para-hydroxylation sites is 1. The van der Waals surface area contributed by atoms with Gasteiger partial charge in [0, 0.05) is 6.42 Å². The van der Waals surface area contributed by atoms with Crippen molar-refractivity contribution in [2.24, 2.45) is 0 Å². The van der Waals surface area contributed by atoms with Crippen molar-refractivity contribution in [3.8, 4) is 5.75 Å². The molecule has 3 nitrogen and oxygen atoms in total. The van der Waals surface area contributed by atoms with Crippen LogP contribution in [0.25, 0.3) is 0 Å². The number of rotatable bonds is 5. The summed E-state index contributed by atoms with van der Waals surface area (Å²) in [6.07, 6.45) is 0.492. The topological polar surface area (TPSA) is 38.3 Å². The van der Waals surface area contributed by atoms with E-state index in [1.165, 1.54) is 0 Å².